The van der Waals surface area contributed by atoms with Crippen LogP contribution in [0.15, 0.2) is 12.1 Å². The summed E-state index contributed by atoms with van der Waals surface area (Å²) in [4.78, 5) is 7.63. The lowest BCUT2D eigenvalue weighted by atomic mass is 10.3. The average Bonchev–Trinajstić information content (AvgIpc) is 2.66. The number of fused-ring (bicyclic) bond motifs is 1. The van der Waals surface area contributed by atoms with Gasteiger partial charge in [-0.25, -0.2) is 4.98 Å². The number of aromatic amines is 1. The van der Waals surface area contributed by atoms with Crippen LogP contribution in [0, 0.1) is 0 Å². The Balaban J connectivity index is 2.46. The number of hydrogen-bond acceptors (Lipinski definition) is 4. The zero-order valence-electron chi connectivity index (χ0n) is 10.5. The second-order valence-corrected chi connectivity index (χ2v) is 4.11. The quantitative estimate of drug-likeness (QED) is 0.854. The molecule has 0 unspecified atom stereocenters. The maximum atomic E-state index is 5.24. The molecule has 0 saturated heterocycles. The average molecular weight is 235 g/mol. The number of benzene rings is 1. The van der Waals surface area contributed by atoms with E-state index in [1.165, 1.54) is 0 Å². The van der Waals surface area contributed by atoms with Crippen LogP contribution in [-0.4, -0.2) is 30.2 Å². The summed E-state index contributed by atoms with van der Waals surface area (Å²) in [6.45, 7) is 4.13. The van der Waals surface area contributed by atoms with Crippen molar-refractivity contribution >= 4 is 17.0 Å². The Labute approximate surface area is 100 Å². The van der Waals surface area contributed by atoms with Crippen molar-refractivity contribution in [1.29, 1.82) is 0 Å². The Bertz CT molecular complexity index is 479. The van der Waals surface area contributed by atoms with Gasteiger partial charge in [-0.2, -0.15) is 0 Å². The third kappa shape index (κ3) is 2.27. The summed E-state index contributed by atoms with van der Waals surface area (Å²) in [6, 6.07) is 4.07. The maximum absolute atomic E-state index is 5.24. The summed E-state index contributed by atoms with van der Waals surface area (Å²) in [5, 5.41) is 3.22. The number of nitrogens with one attached hydrogen (secondary N) is 2. The fourth-order valence-electron chi connectivity index (χ4n) is 1.68. The monoisotopic (exact) mass is 235 g/mol. The van der Waals surface area contributed by atoms with Crippen LogP contribution in [0.2, 0.25) is 0 Å². The van der Waals surface area contributed by atoms with E-state index in [1.54, 1.807) is 14.2 Å². The van der Waals surface area contributed by atoms with Crippen molar-refractivity contribution in [3.05, 3.63) is 12.1 Å². The van der Waals surface area contributed by atoms with Gasteiger partial charge in [-0.15, -0.1) is 0 Å². The normalized spacial score (nSPS) is 10.9. The Morgan fingerprint density at radius 3 is 2.41 bits per heavy atom. The van der Waals surface area contributed by atoms with E-state index in [4.69, 9.17) is 9.47 Å². The lowest BCUT2D eigenvalue weighted by Gasteiger charge is -2.06. The first-order valence-corrected chi connectivity index (χ1v) is 5.52. The number of nitrogens with zero attached hydrogens (tertiary/aromatic N) is 1. The third-order valence-electron chi connectivity index (χ3n) is 2.41. The largest absolute Gasteiger partial charge is 0.493 e. The van der Waals surface area contributed by atoms with Crippen molar-refractivity contribution in [1.82, 2.24) is 9.97 Å². The molecule has 17 heavy (non-hydrogen) atoms. The highest BCUT2D eigenvalue weighted by Crippen LogP contribution is 2.31. The van der Waals surface area contributed by atoms with E-state index in [1.807, 2.05) is 12.1 Å². The highest BCUT2D eigenvalue weighted by molar-refractivity contribution is 5.81. The predicted molar refractivity (Wildman–Crippen MR) is 68.0 cm³/mol. The van der Waals surface area contributed by atoms with Gasteiger partial charge in [-0.3, -0.25) is 0 Å². The van der Waals surface area contributed by atoms with Gasteiger partial charge in [-0.1, -0.05) is 0 Å². The summed E-state index contributed by atoms with van der Waals surface area (Å²) >= 11 is 0. The van der Waals surface area contributed by atoms with Crippen LogP contribution in [0.5, 0.6) is 11.5 Å². The number of aromatic nitrogens is 2. The molecule has 0 fully saturated rings. The number of methoxy groups -OCH3 is 2. The fourth-order valence-corrected chi connectivity index (χ4v) is 1.68. The van der Waals surface area contributed by atoms with E-state index >= 15 is 0 Å². The molecule has 1 aromatic heterocycles. The van der Waals surface area contributed by atoms with E-state index in [0.29, 0.717) is 17.5 Å². The molecule has 5 heteroatoms. The van der Waals surface area contributed by atoms with Crippen LogP contribution in [0.4, 0.5) is 5.95 Å². The second kappa shape index (κ2) is 4.53. The molecular weight excluding hydrogens is 218 g/mol. The molecule has 0 spiro atoms. The Morgan fingerprint density at radius 2 is 1.82 bits per heavy atom. The first-order valence-electron chi connectivity index (χ1n) is 5.52. The number of H-pyrrole nitrogens is 1. The lowest BCUT2D eigenvalue weighted by Crippen LogP contribution is -2.10. The minimum absolute atomic E-state index is 0.333. The Morgan fingerprint density at radius 1 is 1.18 bits per heavy atom. The molecule has 0 atom stereocenters. The van der Waals surface area contributed by atoms with Gasteiger partial charge in [0.05, 0.1) is 25.3 Å². The molecule has 0 radical (unpaired) electrons. The second-order valence-electron chi connectivity index (χ2n) is 4.11. The van der Waals surface area contributed by atoms with E-state index < -0.39 is 0 Å². The minimum Gasteiger partial charge on any atom is -0.493 e. The third-order valence-corrected chi connectivity index (χ3v) is 2.41. The van der Waals surface area contributed by atoms with Crippen LogP contribution in [0.1, 0.15) is 13.8 Å². The van der Waals surface area contributed by atoms with Gasteiger partial charge in [-0.05, 0) is 13.8 Å². The minimum atomic E-state index is 0.333. The molecule has 0 aliphatic rings. The molecule has 0 aliphatic heterocycles. The number of imidazole rings is 1. The summed E-state index contributed by atoms with van der Waals surface area (Å²) in [5.41, 5.74) is 1.77. The molecule has 0 amide bonds. The van der Waals surface area contributed by atoms with Crippen LogP contribution in [0.3, 0.4) is 0 Å². The molecule has 1 aromatic carbocycles. The topological polar surface area (TPSA) is 59.2 Å². The van der Waals surface area contributed by atoms with Crippen molar-refractivity contribution in [3.8, 4) is 11.5 Å². The van der Waals surface area contributed by atoms with Crippen molar-refractivity contribution in [2.45, 2.75) is 19.9 Å². The molecule has 2 aromatic rings. The number of anilines is 1. The van der Waals surface area contributed by atoms with Crippen LogP contribution >= 0.6 is 0 Å². The maximum Gasteiger partial charge on any atom is 0.201 e. The molecule has 5 nitrogen and oxygen atoms in total. The van der Waals surface area contributed by atoms with Gasteiger partial charge in [0.2, 0.25) is 5.95 Å². The van der Waals surface area contributed by atoms with E-state index in [0.717, 1.165) is 17.0 Å². The smallest absolute Gasteiger partial charge is 0.201 e. The number of ether oxygens (including phenoxy) is 2. The van der Waals surface area contributed by atoms with Crippen molar-refractivity contribution in [2.75, 3.05) is 19.5 Å². The van der Waals surface area contributed by atoms with E-state index in [-0.39, 0.29) is 0 Å². The lowest BCUT2D eigenvalue weighted by molar-refractivity contribution is 0.356. The van der Waals surface area contributed by atoms with Crippen molar-refractivity contribution in [3.63, 3.8) is 0 Å². The van der Waals surface area contributed by atoms with Crippen LogP contribution < -0.4 is 14.8 Å². The van der Waals surface area contributed by atoms with Gasteiger partial charge >= 0.3 is 0 Å². The zero-order chi connectivity index (χ0) is 12.4. The molecule has 2 N–H and O–H groups in total. The predicted octanol–water partition coefficient (Wildman–Crippen LogP) is 2.40. The number of rotatable bonds is 4. The standard InChI is InChI=1S/C12H17N3O2/c1-7(2)13-12-14-8-5-10(16-3)11(17-4)6-9(8)15-12/h5-7H,1-4H3,(H2,13,14,15). The molecule has 1 heterocycles. The van der Waals surface area contributed by atoms with Gasteiger partial charge in [0.1, 0.15) is 0 Å². The summed E-state index contributed by atoms with van der Waals surface area (Å²) < 4.78 is 10.5. The van der Waals surface area contributed by atoms with Gasteiger partial charge in [0.15, 0.2) is 11.5 Å². The van der Waals surface area contributed by atoms with Crippen LogP contribution in [-0.2, 0) is 0 Å². The van der Waals surface area contributed by atoms with Crippen molar-refractivity contribution < 1.29 is 9.47 Å². The van der Waals surface area contributed by atoms with Gasteiger partial charge < -0.3 is 19.8 Å². The van der Waals surface area contributed by atoms with Crippen molar-refractivity contribution in [2.24, 2.45) is 0 Å². The summed E-state index contributed by atoms with van der Waals surface area (Å²) in [7, 11) is 3.23. The highest BCUT2D eigenvalue weighted by atomic mass is 16.5. The molecule has 0 saturated carbocycles. The van der Waals surface area contributed by atoms with E-state index in [9.17, 15) is 0 Å². The zero-order valence-corrected chi connectivity index (χ0v) is 10.5. The molecule has 2 rings (SSSR count). The van der Waals surface area contributed by atoms with Gasteiger partial charge in [0, 0.05) is 18.2 Å². The Kier molecular flexibility index (Phi) is 3.08. The van der Waals surface area contributed by atoms with Crippen LogP contribution in [0.25, 0.3) is 11.0 Å². The highest BCUT2D eigenvalue weighted by Gasteiger charge is 2.10. The summed E-state index contributed by atoms with van der Waals surface area (Å²) in [6.07, 6.45) is 0. The molecule has 0 aliphatic carbocycles. The molecule has 0 bridgehead atoms. The summed E-state index contributed by atoms with van der Waals surface area (Å²) in [5.74, 6) is 2.13. The van der Waals surface area contributed by atoms with E-state index in [2.05, 4.69) is 29.1 Å². The fraction of sp³-hybridized carbons (Fsp3) is 0.417. The first-order chi connectivity index (χ1) is 8.13. The molecule has 92 valence electrons. The molecular formula is C12H17N3O2. The SMILES string of the molecule is COc1cc2nc(NC(C)C)[nH]c2cc1OC. The number of hydrogen-bond donors (Lipinski definition) is 2. The Hall–Kier alpha value is -1.91. The van der Waals surface area contributed by atoms with Gasteiger partial charge in [0.25, 0.3) is 0 Å². The first kappa shape index (κ1) is 11.6.